The van der Waals surface area contributed by atoms with Crippen molar-refractivity contribution in [3.05, 3.63) is 29.8 Å². The number of nitrogens with zero attached hydrogens (tertiary/aromatic N) is 1. The van der Waals surface area contributed by atoms with Gasteiger partial charge in [0.2, 0.25) is 0 Å². The van der Waals surface area contributed by atoms with E-state index in [-0.39, 0.29) is 0 Å². The van der Waals surface area contributed by atoms with Crippen LogP contribution in [0.1, 0.15) is 25.3 Å². The summed E-state index contributed by atoms with van der Waals surface area (Å²) in [6.45, 7) is 8.39. The smallest absolute Gasteiger partial charge is 0.0678 e. The minimum atomic E-state index is 0.434. The van der Waals surface area contributed by atoms with Crippen LogP contribution in [0.25, 0.3) is 0 Å². The molecule has 1 saturated heterocycles. The molecule has 0 saturated carbocycles. The summed E-state index contributed by atoms with van der Waals surface area (Å²) in [5, 5.41) is 3.45. The van der Waals surface area contributed by atoms with E-state index < -0.39 is 0 Å². The van der Waals surface area contributed by atoms with E-state index in [1.54, 1.807) is 7.11 Å². The van der Waals surface area contributed by atoms with Crippen LogP contribution in [0.4, 0.5) is 5.69 Å². The zero-order chi connectivity index (χ0) is 13.0. The summed E-state index contributed by atoms with van der Waals surface area (Å²) in [6.07, 6.45) is 0. The van der Waals surface area contributed by atoms with Crippen molar-refractivity contribution in [3.63, 3.8) is 0 Å². The minimum absolute atomic E-state index is 0.434. The predicted octanol–water partition coefficient (Wildman–Crippen LogP) is 2.23. The second-order valence-electron chi connectivity index (χ2n) is 5.22. The molecular formula is C15H24N2O. The monoisotopic (exact) mass is 248 g/mol. The molecule has 100 valence electrons. The van der Waals surface area contributed by atoms with Gasteiger partial charge in [0.15, 0.2) is 0 Å². The maximum absolute atomic E-state index is 5.35. The zero-order valence-electron chi connectivity index (χ0n) is 11.6. The van der Waals surface area contributed by atoms with Gasteiger partial charge in [-0.25, -0.2) is 0 Å². The lowest BCUT2D eigenvalue weighted by molar-refractivity contribution is 0.170. The molecule has 1 aromatic carbocycles. The third-order valence-corrected chi connectivity index (χ3v) is 3.58. The number of para-hydroxylation sites is 1. The Bertz CT molecular complexity index is 377. The predicted molar refractivity (Wildman–Crippen MR) is 76.4 cm³/mol. The lowest BCUT2D eigenvalue weighted by Gasteiger charge is -2.39. The van der Waals surface area contributed by atoms with Gasteiger partial charge in [0, 0.05) is 32.4 Å². The Morgan fingerprint density at radius 2 is 2.17 bits per heavy atom. The van der Waals surface area contributed by atoms with Crippen LogP contribution >= 0.6 is 0 Å². The van der Waals surface area contributed by atoms with Crippen LogP contribution in [0.3, 0.4) is 0 Å². The molecule has 3 nitrogen and oxygen atoms in total. The molecule has 1 aromatic rings. The zero-order valence-corrected chi connectivity index (χ0v) is 11.6. The molecule has 2 rings (SSSR count). The Morgan fingerprint density at radius 3 is 2.89 bits per heavy atom. The number of nitrogens with one attached hydrogen (secondary N) is 1. The molecule has 1 unspecified atom stereocenters. The summed E-state index contributed by atoms with van der Waals surface area (Å²) >= 11 is 0. The van der Waals surface area contributed by atoms with Gasteiger partial charge in [-0.15, -0.1) is 0 Å². The van der Waals surface area contributed by atoms with Crippen LogP contribution in [-0.4, -0.2) is 39.4 Å². The first-order chi connectivity index (χ1) is 8.74. The van der Waals surface area contributed by atoms with Gasteiger partial charge in [-0.1, -0.05) is 32.0 Å². The maximum atomic E-state index is 5.35. The lowest BCUT2D eigenvalue weighted by atomic mass is 9.99. The van der Waals surface area contributed by atoms with Crippen molar-refractivity contribution in [2.75, 3.05) is 38.3 Å². The fourth-order valence-corrected chi connectivity index (χ4v) is 2.66. The van der Waals surface area contributed by atoms with Crippen molar-refractivity contribution in [1.82, 2.24) is 5.32 Å². The molecule has 1 N–H and O–H groups in total. The van der Waals surface area contributed by atoms with Gasteiger partial charge in [-0.3, -0.25) is 0 Å². The Hall–Kier alpha value is -1.06. The first-order valence-corrected chi connectivity index (χ1v) is 6.79. The van der Waals surface area contributed by atoms with Gasteiger partial charge in [0.1, 0.15) is 0 Å². The molecule has 1 fully saturated rings. The fourth-order valence-electron chi connectivity index (χ4n) is 2.66. The van der Waals surface area contributed by atoms with Crippen molar-refractivity contribution in [2.45, 2.75) is 25.8 Å². The second kappa shape index (κ2) is 6.21. The molecule has 18 heavy (non-hydrogen) atoms. The Labute approximate surface area is 110 Å². The maximum Gasteiger partial charge on any atom is 0.0678 e. The molecule has 0 bridgehead atoms. The number of ether oxygens (including phenoxy) is 1. The third kappa shape index (κ3) is 2.85. The van der Waals surface area contributed by atoms with Gasteiger partial charge < -0.3 is 15.0 Å². The SMILES string of the molecule is COCC1CNCCN1c1ccccc1C(C)C. The number of methoxy groups -OCH3 is 1. The van der Waals surface area contributed by atoms with Gasteiger partial charge >= 0.3 is 0 Å². The number of rotatable bonds is 4. The van der Waals surface area contributed by atoms with E-state index in [1.807, 2.05) is 0 Å². The number of anilines is 1. The fraction of sp³-hybridized carbons (Fsp3) is 0.600. The van der Waals surface area contributed by atoms with Crippen LogP contribution in [0.2, 0.25) is 0 Å². The normalized spacial score (nSPS) is 20.4. The van der Waals surface area contributed by atoms with Gasteiger partial charge in [0.05, 0.1) is 12.6 Å². The standard InChI is InChI=1S/C15H24N2O/c1-12(2)14-6-4-5-7-15(14)17-9-8-16-10-13(17)11-18-3/h4-7,12-13,16H,8-11H2,1-3H3. The van der Waals surface area contributed by atoms with E-state index in [0.717, 1.165) is 26.2 Å². The average Bonchev–Trinajstić information content (AvgIpc) is 2.40. The molecule has 0 amide bonds. The summed E-state index contributed by atoms with van der Waals surface area (Å²) in [5.74, 6) is 0.555. The van der Waals surface area contributed by atoms with E-state index in [1.165, 1.54) is 11.3 Å². The second-order valence-corrected chi connectivity index (χ2v) is 5.22. The van der Waals surface area contributed by atoms with Crippen LogP contribution in [0.5, 0.6) is 0 Å². The lowest BCUT2D eigenvalue weighted by Crippen LogP contribution is -2.53. The molecule has 0 spiro atoms. The first-order valence-electron chi connectivity index (χ1n) is 6.79. The van der Waals surface area contributed by atoms with E-state index >= 15 is 0 Å². The van der Waals surface area contributed by atoms with Crippen LogP contribution in [-0.2, 0) is 4.74 Å². The highest BCUT2D eigenvalue weighted by Gasteiger charge is 2.24. The van der Waals surface area contributed by atoms with Crippen LogP contribution in [0, 0.1) is 0 Å². The molecule has 1 aliphatic rings. The molecule has 1 heterocycles. The van der Waals surface area contributed by atoms with Crippen LogP contribution in [0.15, 0.2) is 24.3 Å². The quantitative estimate of drug-likeness (QED) is 0.884. The van der Waals surface area contributed by atoms with E-state index in [2.05, 4.69) is 48.3 Å². The molecule has 3 heteroatoms. The summed E-state index contributed by atoms with van der Waals surface area (Å²) in [4.78, 5) is 2.50. The number of piperazine rings is 1. The molecular weight excluding hydrogens is 224 g/mol. The Balaban J connectivity index is 2.27. The topological polar surface area (TPSA) is 24.5 Å². The van der Waals surface area contributed by atoms with Crippen molar-refractivity contribution < 1.29 is 4.74 Å². The highest BCUT2D eigenvalue weighted by molar-refractivity contribution is 5.56. The van der Waals surface area contributed by atoms with E-state index in [0.29, 0.717) is 12.0 Å². The Kier molecular flexibility index (Phi) is 4.61. The van der Waals surface area contributed by atoms with Crippen molar-refractivity contribution in [1.29, 1.82) is 0 Å². The van der Waals surface area contributed by atoms with Crippen molar-refractivity contribution >= 4 is 5.69 Å². The van der Waals surface area contributed by atoms with Gasteiger partial charge in [-0.2, -0.15) is 0 Å². The van der Waals surface area contributed by atoms with E-state index in [4.69, 9.17) is 4.74 Å². The number of hydrogen-bond donors (Lipinski definition) is 1. The number of benzene rings is 1. The minimum Gasteiger partial charge on any atom is -0.383 e. The summed E-state index contributed by atoms with van der Waals surface area (Å²) in [5.41, 5.74) is 2.80. The van der Waals surface area contributed by atoms with E-state index in [9.17, 15) is 0 Å². The molecule has 0 radical (unpaired) electrons. The highest BCUT2D eigenvalue weighted by Crippen LogP contribution is 2.29. The highest BCUT2D eigenvalue weighted by atomic mass is 16.5. The summed E-state index contributed by atoms with van der Waals surface area (Å²) in [6, 6.07) is 9.18. The van der Waals surface area contributed by atoms with Crippen molar-refractivity contribution in [2.24, 2.45) is 0 Å². The molecule has 0 aromatic heterocycles. The number of hydrogen-bond acceptors (Lipinski definition) is 3. The average molecular weight is 248 g/mol. The third-order valence-electron chi connectivity index (χ3n) is 3.58. The molecule has 0 aliphatic carbocycles. The largest absolute Gasteiger partial charge is 0.383 e. The molecule has 1 aliphatic heterocycles. The Morgan fingerprint density at radius 1 is 1.39 bits per heavy atom. The van der Waals surface area contributed by atoms with Gasteiger partial charge in [0.25, 0.3) is 0 Å². The first kappa shape index (κ1) is 13.4. The van der Waals surface area contributed by atoms with Crippen LogP contribution < -0.4 is 10.2 Å². The van der Waals surface area contributed by atoms with Gasteiger partial charge in [-0.05, 0) is 17.5 Å². The molecule has 1 atom stereocenters. The summed E-state index contributed by atoms with van der Waals surface area (Å²) < 4.78 is 5.35. The van der Waals surface area contributed by atoms with Crippen molar-refractivity contribution in [3.8, 4) is 0 Å². The summed E-state index contributed by atoms with van der Waals surface area (Å²) in [7, 11) is 1.78.